The molecule has 4 nitrogen and oxygen atoms in total. The molecule has 102 valence electrons. The zero-order valence-corrected chi connectivity index (χ0v) is 12.1. The second kappa shape index (κ2) is 6.03. The van der Waals surface area contributed by atoms with E-state index in [1.165, 1.54) is 25.9 Å². The lowest BCUT2D eigenvalue weighted by Crippen LogP contribution is -2.32. The normalized spacial score (nSPS) is 15.5. The van der Waals surface area contributed by atoms with Crippen molar-refractivity contribution in [2.24, 2.45) is 0 Å². The van der Waals surface area contributed by atoms with Crippen molar-refractivity contribution in [1.29, 1.82) is 5.26 Å². The fourth-order valence-corrected chi connectivity index (χ4v) is 2.64. The minimum absolute atomic E-state index is 0.703. The van der Waals surface area contributed by atoms with Crippen molar-refractivity contribution in [2.75, 3.05) is 38.1 Å². The number of pyridine rings is 1. The fourth-order valence-electron chi connectivity index (χ4n) is 2.64. The number of rotatable bonds is 4. The Hall–Kier alpha value is -1.60. The minimum Gasteiger partial charge on any atom is -0.357 e. The first-order valence-electron chi connectivity index (χ1n) is 6.93. The van der Waals surface area contributed by atoms with Gasteiger partial charge in [0.15, 0.2) is 0 Å². The van der Waals surface area contributed by atoms with E-state index in [4.69, 9.17) is 0 Å². The van der Waals surface area contributed by atoms with Crippen molar-refractivity contribution in [1.82, 2.24) is 9.88 Å². The molecule has 0 atom stereocenters. The highest BCUT2D eigenvalue weighted by Crippen LogP contribution is 2.20. The van der Waals surface area contributed by atoms with E-state index in [0.29, 0.717) is 5.56 Å². The predicted molar refractivity (Wildman–Crippen MR) is 77.4 cm³/mol. The number of aryl methyl sites for hydroxylation is 2. The van der Waals surface area contributed by atoms with Gasteiger partial charge >= 0.3 is 0 Å². The van der Waals surface area contributed by atoms with E-state index in [0.717, 1.165) is 30.2 Å². The highest BCUT2D eigenvalue weighted by molar-refractivity contribution is 5.57. The van der Waals surface area contributed by atoms with Crippen LogP contribution in [0.4, 0.5) is 5.82 Å². The largest absolute Gasteiger partial charge is 0.357 e. The van der Waals surface area contributed by atoms with Gasteiger partial charge in [-0.05, 0) is 51.4 Å². The molecule has 1 aliphatic rings. The van der Waals surface area contributed by atoms with Crippen LogP contribution in [-0.4, -0.2) is 43.1 Å². The van der Waals surface area contributed by atoms with Crippen LogP contribution in [0.25, 0.3) is 0 Å². The molecule has 0 amide bonds. The summed E-state index contributed by atoms with van der Waals surface area (Å²) in [5.41, 5.74) is 2.69. The molecule has 4 heteroatoms. The molecular weight excluding hydrogens is 236 g/mol. The molecule has 0 radical (unpaired) electrons. The second-order valence-corrected chi connectivity index (χ2v) is 5.36. The lowest BCUT2D eigenvalue weighted by atomic mass is 10.1. The lowest BCUT2D eigenvalue weighted by molar-refractivity contribution is 0.346. The number of likely N-dealkylation sites (tertiary alicyclic amines) is 1. The van der Waals surface area contributed by atoms with Crippen LogP contribution in [0.1, 0.15) is 29.7 Å². The average molecular weight is 258 g/mol. The molecule has 0 aromatic carbocycles. The highest BCUT2D eigenvalue weighted by atomic mass is 15.2. The molecule has 0 unspecified atom stereocenters. The molecule has 19 heavy (non-hydrogen) atoms. The predicted octanol–water partition coefficient (Wildman–Crippen LogP) is 2.10. The molecule has 2 rings (SSSR count). The van der Waals surface area contributed by atoms with Gasteiger partial charge in [-0.3, -0.25) is 0 Å². The van der Waals surface area contributed by atoms with E-state index in [-0.39, 0.29) is 0 Å². The van der Waals surface area contributed by atoms with E-state index in [1.807, 2.05) is 27.0 Å². The Kier molecular flexibility index (Phi) is 4.39. The molecule has 0 aliphatic carbocycles. The van der Waals surface area contributed by atoms with Crippen molar-refractivity contribution in [3.05, 3.63) is 22.9 Å². The van der Waals surface area contributed by atoms with Gasteiger partial charge in [0, 0.05) is 25.8 Å². The van der Waals surface area contributed by atoms with E-state index in [1.54, 1.807) is 0 Å². The van der Waals surface area contributed by atoms with Gasteiger partial charge in [-0.2, -0.15) is 5.26 Å². The number of likely N-dealkylation sites (N-methyl/N-ethyl adjacent to an activating group) is 1. The van der Waals surface area contributed by atoms with Crippen molar-refractivity contribution in [3.63, 3.8) is 0 Å². The Bertz CT molecular complexity index is 484. The number of anilines is 1. The third-order valence-corrected chi connectivity index (χ3v) is 3.75. The monoisotopic (exact) mass is 258 g/mol. The molecule has 0 spiro atoms. The number of aromatic nitrogens is 1. The van der Waals surface area contributed by atoms with Gasteiger partial charge in [0.2, 0.25) is 0 Å². The van der Waals surface area contributed by atoms with Gasteiger partial charge in [0.25, 0.3) is 0 Å². The van der Waals surface area contributed by atoms with Gasteiger partial charge in [-0.25, -0.2) is 4.98 Å². The number of hydrogen-bond acceptors (Lipinski definition) is 4. The topological polar surface area (TPSA) is 43.2 Å². The van der Waals surface area contributed by atoms with Crippen LogP contribution in [0.15, 0.2) is 6.07 Å². The van der Waals surface area contributed by atoms with Crippen LogP contribution in [0, 0.1) is 25.2 Å². The molecule has 1 fully saturated rings. The van der Waals surface area contributed by atoms with Crippen LogP contribution >= 0.6 is 0 Å². The van der Waals surface area contributed by atoms with E-state index >= 15 is 0 Å². The Labute approximate surface area is 115 Å². The molecule has 1 saturated heterocycles. The van der Waals surface area contributed by atoms with Crippen molar-refractivity contribution in [3.8, 4) is 6.07 Å². The third-order valence-electron chi connectivity index (χ3n) is 3.75. The summed E-state index contributed by atoms with van der Waals surface area (Å²) in [4.78, 5) is 9.12. The van der Waals surface area contributed by atoms with Crippen LogP contribution in [0.5, 0.6) is 0 Å². The first-order valence-corrected chi connectivity index (χ1v) is 6.93. The summed E-state index contributed by atoms with van der Waals surface area (Å²) in [6.07, 6.45) is 2.63. The molecule has 2 heterocycles. The Morgan fingerprint density at radius 2 is 2.05 bits per heavy atom. The van der Waals surface area contributed by atoms with Crippen LogP contribution < -0.4 is 4.90 Å². The van der Waals surface area contributed by atoms with E-state index in [9.17, 15) is 5.26 Å². The summed E-state index contributed by atoms with van der Waals surface area (Å²) in [5.74, 6) is 0.819. The maximum Gasteiger partial charge on any atom is 0.146 e. The van der Waals surface area contributed by atoms with Crippen molar-refractivity contribution >= 4 is 5.82 Å². The van der Waals surface area contributed by atoms with Crippen molar-refractivity contribution in [2.45, 2.75) is 26.7 Å². The Balaban J connectivity index is 2.09. The van der Waals surface area contributed by atoms with Crippen LogP contribution in [0.3, 0.4) is 0 Å². The molecule has 1 aromatic heterocycles. The summed E-state index contributed by atoms with van der Waals surface area (Å²) >= 11 is 0. The number of nitriles is 1. The molecular formula is C15H22N4. The lowest BCUT2D eigenvalue weighted by Gasteiger charge is -2.23. The smallest absolute Gasteiger partial charge is 0.146 e. The Morgan fingerprint density at radius 3 is 2.68 bits per heavy atom. The van der Waals surface area contributed by atoms with Gasteiger partial charge < -0.3 is 9.80 Å². The summed E-state index contributed by atoms with van der Waals surface area (Å²) in [6, 6.07) is 4.25. The molecule has 1 aliphatic heterocycles. The first-order chi connectivity index (χ1) is 9.11. The van der Waals surface area contributed by atoms with Gasteiger partial charge in [0.1, 0.15) is 11.9 Å². The SMILES string of the molecule is Cc1cc(C)c(C#N)c(N(C)CCN2CCCC2)n1. The summed E-state index contributed by atoms with van der Waals surface area (Å²) < 4.78 is 0. The minimum atomic E-state index is 0.703. The zero-order chi connectivity index (χ0) is 13.8. The maximum atomic E-state index is 9.29. The van der Waals surface area contributed by atoms with E-state index < -0.39 is 0 Å². The Morgan fingerprint density at radius 1 is 1.37 bits per heavy atom. The standard InChI is InChI=1S/C15H22N4/c1-12-10-13(2)17-15(14(12)11-16)18(3)8-9-19-6-4-5-7-19/h10H,4-9H2,1-3H3. The molecule has 0 bridgehead atoms. The molecule has 1 aromatic rings. The summed E-state index contributed by atoms with van der Waals surface area (Å²) in [7, 11) is 2.03. The van der Waals surface area contributed by atoms with Gasteiger partial charge in [-0.1, -0.05) is 0 Å². The number of hydrogen-bond donors (Lipinski definition) is 0. The maximum absolute atomic E-state index is 9.29. The summed E-state index contributed by atoms with van der Waals surface area (Å²) in [5, 5.41) is 9.29. The zero-order valence-electron chi connectivity index (χ0n) is 12.1. The van der Waals surface area contributed by atoms with Crippen molar-refractivity contribution < 1.29 is 0 Å². The highest BCUT2D eigenvalue weighted by Gasteiger charge is 2.15. The second-order valence-electron chi connectivity index (χ2n) is 5.36. The first kappa shape index (κ1) is 13.8. The average Bonchev–Trinajstić information content (AvgIpc) is 2.88. The van der Waals surface area contributed by atoms with E-state index in [2.05, 4.69) is 20.9 Å². The van der Waals surface area contributed by atoms with Gasteiger partial charge in [-0.15, -0.1) is 0 Å². The number of nitrogens with zero attached hydrogens (tertiary/aromatic N) is 4. The third kappa shape index (κ3) is 3.24. The summed E-state index contributed by atoms with van der Waals surface area (Å²) in [6.45, 7) is 8.34. The molecule has 0 N–H and O–H groups in total. The quantitative estimate of drug-likeness (QED) is 0.829. The van der Waals surface area contributed by atoms with Crippen LogP contribution in [0.2, 0.25) is 0 Å². The van der Waals surface area contributed by atoms with Gasteiger partial charge in [0.05, 0.1) is 5.56 Å². The fraction of sp³-hybridized carbons (Fsp3) is 0.600. The van der Waals surface area contributed by atoms with Crippen LogP contribution in [-0.2, 0) is 0 Å². The molecule has 0 saturated carbocycles.